The Labute approximate surface area is 116 Å². The van der Waals surface area contributed by atoms with E-state index in [0.717, 1.165) is 17.9 Å². The van der Waals surface area contributed by atoms with Crippen molar-refractivity contribution in [2.45, 2.75) is 40.3 Å². The van der Waals surface area contributed by atoms with E-state index >= 15 is 0 Å². The van der Waals surface area contributed by atoms with Gasteiger partial charge in [-0.2, -0.15) is 0 Å². The first-order chi connectivity index (χ1) is 8.97. The second-order valence-corrected chi connectivity index (χ2v) is 5.35. The highest BCUT2D eigenvalue weighted by Gasteiger charge is 1.99. The molecule has 0 heterocycles. The number of hydrogen-bond donors (Lipinski definition) is 2. The summed E-state index contributed by atoms with van der Waals surface area (Å²) in [6, 6.07) is 8.28. The third-order valence-corrected chi connectivity index (χ3v) is 2.38. The fourth-order valence-electron chi connectivity index (χ4n) is 1.47. The number of rotatable bonds is 6. The molecule has 0 saturated heterocycles. The van der Waals surface area contributed by atoms with Gasteiger partial charge in [-0.3, -0.25) is 0 Å². The maximum Gasteiger partial charge on any atom is 0.189 e. The predicted molar refractivity (Wildman–Crippen MR) is 80.4 cm³/mol. The average Bonchev–Trinajstić information content (AvgIpc) is 2.34. The van der Waals surface area contributed by atoms with Gasteiger partial charge in [-0.15, -0.1) is 0 Å². The van der Waals surface area contributed by atoms with Crippen LogP contribution in [0.5, 0.6) is 5.75 Å². The SMILES string of the molecule is CC(C)COc1ccc(CN=C(N)NC(C)C)cc1. The van der Waals surface area contributed by atoms with Crippen molar-refractivity contribution in [3.63, 3.8) is 0 Å². The fourth-order valence-corrected chi connectivity index (χ4v) is 1.47. The smallest absolute Gasteiger partial charge is 0.189 e. The summed E-state index contributed by atoms with van der Waals surface area (Å²) in [7, 11) is 0. The first-order valence-electron chi connectivity index (χ1n) is 6.75. The summed E-state index contributed by atoms with van der Waals surface area (Å²) in [4.78, 5) is 4.28. The van der Waals surface area contributed by atoms with Crippen molar-refractivity contribution in [2.75, 3.05) is 6.61 Å². The quantitative estimate of drug-likeness (QED) is 0.612. The van der Waals surface area contributed by atoms with Crippen molar-refractivity contribution in [1.29, 1.82) is 0 Å². The van der Waals surface area contributed by atoms with E-state index in [1.807, 2.05) is 38.1 Å². The van der Waals surface area contributed by atoms with E-state index in [1.165, 1.54) is 0 Å². The highest BCUT2D eigenvalue weighted by molar-refractivity contribution is 5.78. The standard InChI is InChI=1S/C15H25N3O/c1-11(2)10-19-14-7-5-13(6-8-14)9-17-15(16)18-12(3)4/h5-8,11-12H,9-10H2,1-4H3,(H3,16,17,18). The molecule has 1 aromatic carbocycles. The van der Waals surface area contributed by atoms with Crippen LogP contribution >= 0.6 is 0 Å². The molecule has 0 aliphatic heterocycles. The van der Waals surface area contributed by atoms with Crippen LogP contribution in [0, 0.1) is 5.92 Å². The van der Waals surface area contributed by atoms with E-state index in [1.54, 1.807) is 0 Å². The van der Waals surface area contributed by atoms with Crippen LogP contribution in [0.4, 0.5) is 0 Å². The van der Waals surface area contributed by atoms with Crippen molar-refractivity contribution >= 4 is 5.96 Å². The summed E-state index contributed by atoms with van der Waals surface area (Å²) in [6.45, 7) is 9.65. The third kappa shape index (κ3) is 6.70. The molecule has 0 bridgehead atoms. The Morgan fingerprint density at radius 3 is 2.37 bits per heavy atom. The number of nitrogens with one attached hydrogen (secondary N) is 1. The monoisotopic (exact) mass is 263 g/mol. The molecule has 1 aromatic rings. The zero-order chi connectivity index (χ0) is 14.3. The Morgan fingerprint density at radius 1 is 1.21 bits per heavy atom. The summed E-state index contributed by atoms with van der Waals surface area (Å²) < 4.78 is 5.63. The number of guanidine groups is 1. The van der Waals surface area contributed by atoms with Gasteiger partial charge in [-0.05, 0) is 37.5 Å². The second-order valence-electron chi connectivity index (χ2n) is 5.35. The Hall–Kier alpha value is -1.71. The zero-order valence-electron chi connectivity index (χ0n) is 12.3. The number of nitrogens with two attached hydrogens (primary N) is 1. The lowest BCUT2D eigenvalue weighted by Gasteiger charge is -2.10. The fraction of sp³-hybridized carbons (Fsp3) is 0.533. The molecule has 0 unspecified atom stereocenters. The predicted octanol–water partition coefficient (Wildman–Crippen LogP) is 2.53. The molecule has 106 valence electrons. The summed E-state index contributed by atoms with van der Waals surface area (Å²) in [5.74, 6) is 1.91. The maximum absolute atomic E-state index is 5.75. The number of nitrogens with zero attached hydrogens (tertiary/aromatic N) is 1. The van der Waals surface area contributed by atoms with Gasteiger partial charge < -0.3 is 15.8 Å². The van der Waals surface area contributed by atoms with E-state index in [0.29, 0.717) is 24.5 Å². The molecule has 1 rings (SSSR count). The molecule has 3 N–H and O–H groups in total. The van der Waals surface area contributed by atoms with Crippen LogP contribution in [0.1, 0.15) is 33.3 Å². The number of aliphatic imine (C=N–C) groups is 1. The summed E-state index contributed by atoms with van der Waals surface area (Å²) in [5, 5.41) is 3.06. The van der Waals surface area contributed by atoms with Gasteiger partial charge in [0.15, 0.2) is 5.96 Å². The van der Waals surface area contributed by atoms with Crippen LogP contribution in [0.15, 0.2) is 29.3 Å². The van der Waals surface area contributed by atoms with Gasteiger partial charge in [-0.1, -0.05) is 26.0 Å². The van der Waals surface area contributed by atoms with Gasteiger partial charge in [0.1, 0.15) is 5.75 Å². The molecule has 0 amide bonds. The van der Waals surface area contributed by atoms with Crippen LogP contribution in [-0.2, 0) is 6.54 Å². The van der Waals surface area contributed by atoms with E-state index in [-0.39, 0.29) is 0 Å². The molecule has 0 aromatic heterocycles. The molecule has 0 atom stereocenters. The van der Waals surface area contributed by atoms with Gasteiger partial charge in [0, 0.05) is 6.04 Å². The van der Waals surface area contributed by atoms with E-state index in [2.05, 4.69) is 24.2 Å². The molecule has 0 saturated carbocycles. The molecular formula is C15H25N3O. The van der Waals surface area contributed by atoms with Crippen molar-refractivity contribution in [3.8, 4) is 5.75 Å². The summed E-state index contributed by atoms with van der Waals surface area (Å²) >= 11 is 0. The summed E-state index contributed by atoms with van der Waals surface area (Å²) in [6.07, 6.45) is 0. The normalized spacial score (nSPS) is 12.0. The van der Waals surface area contributed by atoms with Gasteiger partial charge >= 0.3 is 0 Å². The minimum atomic E-state index is 0.301. The molecule has 19 heavy (non-hydrogen) atoms. The molecular weight excluding hydrogens is 238 g/mol. The van der Waals surface area contributed by atoms with Gasteiger partial charge in [0.25, 0.3) is 0 Å². The minimum absolute atomic E-state index is 0.301. The lowest BCUT2D eigenvalue weighted by atomic mass is 10.2. The minimum Gasteiger partial charge on any atom is -0.493 e. The van der Waals surface area contributed by atoms with E-state index in [4.69, 9.17) is 10.5 Å². The van der Waals surface area contributed by atoms with Gasteiger partial charge in [0.05, 0.1) is 13.2 Å². The largest absolute Gasteiger partial charge is 0.493 e. The number of benzene rings is 1. The summed E-state index contributed by atoms with van der Waals surface area (Å²) in [5.41, 5.74) is 6.86. The number of hydrogen-bond acceptors (Lipinski definition) is 2. The van der Waals surface area contributed by atoms with Crippen LogP contribution in [0.25, 0.3) is 0 Å². The van der Waals surface area contributed by atoms with Crippen molar-refractivity contribution < 1.29 is 4.74 Å². The molecule has 0 aliphatic carbocycles. The third-order valence-electron chi connectivity index (χ3n) is 2.38. The van der Waals surface area contributed by atoms with E-state index < -0.39 is 0 Å². The van der Waals surface area contributed by atoms with Crippen molar-refractivity contribution in [1.82, 2.24) is 5.32 Å². The molecule has 4 heteroatoms. The maximum atomic E-state index is 5.75. The number of ether oxygens (including phenoxy) is 1. The molecule has 0 radical (unpaired) electrons. The Balaban J connectivity index is 2.48. The highest BCUT2D eigenvalue weighted by atomic mass is 16.5. The van der Waals surface area contributed by atoms with Crippen LogP contribution < -0.4 is 15.8 Å². The Bertz CT molecular complexity index is 396. The lowest BCUT2D eigenvalue weighted by Crippen LogP contribution is -2.36. The van der Waals surface area contributed by atoms with E-state index in [9.17, 15) is 0 Å². The Kier molecular flexibility index (Phi) is 6.19. The topological polar surface area (TPSA) is 59.6 Å². The molecule has 4 nitrogen and oxygen atoms in total. The van der Waals surface area contributed by atoms with Gasteiger partial charge in [-0.25, -0.2) is 4.99 Å². The van der Waals surface area contributed by atoms with Gasteiger partial charge in [0.2, 0.25) is 0 Å². The molecule has 0 fully saturated rings. The van der Waals surface area contributed by atoms with Crippen LogP contribution in [0.2, 0.25) is 0 Å². The first-order valence-corrected chi connectivity index (χ1v) is 6.75. The molecule has 0 aliphatic rings. The molecule has 0 spiro atoms. The zero-order valence-corrected chi connectivity index (χ0v) is 12.3. The van der Waals surface area contributed by atoms with Crippen LogP contribution in [0.3, 0.4) is 0 Å². The first kappa shape index (κ1) is 15.3. The second kappa shape index (κ2) is 7.67. The van der Waals surface area contributed by atoms with Crippen molar-refractivity contribution in [3.05, 3.63) is 29.8 Å². The highest BCUT2D eigenvalue weighted by Crippen LogP contribution is 2.13. The lowest BCUT2D eigenvalue weighted by molar-refractivity contribution is 0.271. The average molecular weight is 263 g/mol. The Morgan fingerprint density at radius 2 is 1.84 bits per heavy atom. The van der Waals surface area contributed by atoms with Crippen molar-refractivity contribution in [2.24, 2.45) is 16.6 Å². The van der Waals surface area contributed by atoms with Crippen LogP contribution in [-0.4, -0.2) is 18.6 Å².